The summed E-state index contributed by atoms with van der Waals surface area (Å²) in [6, 6.07) is 10.5. The standard InChI is InChI=1S/C11H15N.ClH/c1-2-6-11(12)9-10-7-4-3-5-8-10;/h2-5,7-8,11H,1,6,9,12H2;1H/t11-;/m1./s1. The molecule has 0 aliphatic heterocycles. The maximum Gasteiger partial charge on any atom is 0.0114 e. The minimum atomic E-state index is 0. The van der Waals surface area contributed by atoms with Crippen molar-refractivity contribution in [1.29, 1.82) is 0 Å². The van der Waals surface area contributed by atoms with Gasteiger partial charge in [-0.3, -0.25) is 0 Å². The first-order chi connectivity index (χ1) is 5.83. The molecule has 1 aromatic carbocycles. The van der Waals surface area contributed by atoms with Gasteiger partial charge < -0.3 is 5.73 Å². The highest BCUT2D eigenvalue weighted by molar-refractivity contribution is 5.85. The topological polar surface area (TPSA) is 26.0 Å². The van der Waals surface area contributed by atoms with Crippen molar-refractivity contribution in [3.8, 4) is 0 Å². The molecular weight excluding hydrogens is 182 g/mol. The van der Waals surface area contributed by atoms with Gasteiger partial charge in [0.15, 0.2) is 0 Å². The first-order valence-electron chi connectivity index (χ1n) is 4.23. The van der Waals surface area contributed by atoms with Crippen LogP contribution in [0.1, 0.15) is 12.0 Å². The Hall–Kier alpha value is -0.790. The van der Waals surface area contributed by atoms with E-state index in [0.29, 0.717) is 0 Å². The Balaban J connectivity index is 0.00000144. The molecule has 0 aliphatic carbocycles. The molecule has 1 rings (SSSR count). The molecule has 0 saturated carbocycles. The van der Waals surface area contributed by atoms with E-state index < -0.39 is 0 Å². The second-order valence-electron chi connectivity index (χ2n) is 2.97. The minimum Gasteiger partial charge on any atom is -0.327 e. The zero-order valence-corrected chi connectivity index (χ0v) is 8.46. The lowest BCUT2D eigenvalue weighted by Crippen LogP contribution is -2.21. The Morgan fingerprint density at radius 3 is 2.46 bits per heavy atom. The normalized spacial score (nSPS) is 11.5. The van der Waals surface area contributed by atoms with E-state index in [4.69, 9.17) is 5.73 Å². The van der Waals surface area contributed by atoms with Gasteiger partial charge in [0, 0.05) is 6.04 Å². The molecule has 0 saturated heterocycles. The number of halogens is 1. The van der Waals surface area contributed by atoms with Crippen molar-refractivity contribution in [2.45, 2.75) is 18.9 Å². The van der Waals surface area contributed by atoms with Crippen LogP contribution in [0.15, 0.2) is 43.0 Å². The smallest absolute Gasteiger partial charge is 0.0114 e. The van der Waals surface area contributed by atoms with E-state index in [0.717, 1.165) is 12.8 Å². The van der Waals surface area contributed by atoms with Crippen LogP contribution in [0.25, 0.3) is 0 Å². The Kier molecular flexibility index (Phi) is 6.29. The minimum absolute atomic E-state index is 0. The molecule has 0 radical (unpaired) electrons. The summed E-state index contributed by atoms with van der Waals surface area (Å²) in [4.78, 5) is 0. The molecule has 0 heterocycles. The van der Waals surface area contributed by atoms with Gasteiger partial charge in [0.2, 0.25) is 0 Å². The molecule has 1 atom stereocenters. The first kappa shape index (κ1) is 12.2. The molecule has 0 spiro atoms. The number of benzene rings is 1. The zero-order valence-electron chi connectivity index (χ0n) is 7.65. The molecule has 0 bridgehead atoms. The average molecular weight is 198 g/mol. The molecule has 0 amide bonds. The summed E-state index contributed by atoms with van der Waals surface area (Å²) < 4.78 is 0. The van der Waals surface area contributed by atoms with Crippen molar-refractivity contribution in [1.82, 2.24) is 0 Å². The average Bonchev–Trinajstić information content (AvgIpc) is 2.06. The van der Waals surface area contributed by atoms with Crippen LogP contribution in [-0.4, -0.2) is 6.04 Å². The van der Waals surface area contributed by atoms with Crippen molar-refractivity contribution < 1.29 is 0 Å². The quantitative estimate of drug-likeness (QED) is 0.738. The highest BCUT2D eigenvalue weighted by Gasteiger charge is 1.99. The van der Waals surface area contributed by atoms with Crippen LogP contribution >= 0.6 is 12.4 Å². The van der Waals surface area contributed by atoms with Crippen molar-refractivity contribution in [2.24, 2.45) is 5.73 Å². The van der Waals surface area contributed by atoms with Crippen molar-refractivity contribution in [2.75, 3.05) is 0 Å². The van der Waals surface area contributed by atoms with E-state index in [9.17, 15) is 0 Å². The van der Waals surface area contributed by atoms with Gasteiger partial charge in [0.1, 0.15) is 0 Å². The van der Waals surface area contributed by atoms with Crippen molar-refractivity contribution >= 4 is 12.4 Å². The van der Waals surface area contributed by atoms with E-state index in [1.54, 1.807) is 0 Å². The summed E-state index contributed by atoms with van der Waals surface area (Å²) in [6.45, 7) is 3.66. The second-order valence-corrected chi connectivity index (χ2v) is 2.97. The molecule has 72 valence electrons. The van der Waals surface area contributed by atoms with Gasteiger partial charge >= 0.3 is 0 Å². The van der Waals surface area contributed by atoms with E-state index in [1.165, 1.54) is 5.56 Å². The van der Waals surface area contributed by atoms with Crippen molar-refractivity contribution in [3.63, 3.8) is 0 Å². The molecule has 0 aromatic heterocycles. The van der Waals surface area contributed by atoms with Crippen LogP contribution in [0.5, 0.6) is 0 Å². The summed E-state index contributed by atoms with van der Waals surface area (Å²) in [5.74, 6) is 0. The van der Waals surface area contributed by atoms with Gasteiger partial charge in [0.25, 0.3) is 0 Å². The second kappa shape index (κ2) is 6.70. The fourth-order valence-corrected chi connectivity index (χ4v) is 1.21. The number of nitrogens with two attached hydrogens (primary N) is 1. The molecule has 0 unspecified atom stereocenters. The zero-order chi connectivity index (χ0) is 8.81. The third-order valence-electron chi connectivity index (χ3n) is 1.81. The lowest BCUT2D eigenvalue weighted by atomic mass is 10.0. The lowest BCUT2D eigenvalue weighted by Gasteiger charge is -2.07. The Labute approximate surface area is 86.1 Å². The number of hydrogen-bond donors (Lipinski definition) is 1. The van der Waals surface area contributed by atoms with Gasteiger partial charge in [0.05, 0.1) is 0 Å². The molecule has 1 nitrogen and oxygen atoms in total. The van der Waals surface area contributed by atoms with Gasteiger partial charge in [-0.15, -0.1) is 19.0 Å². The summed E-state index contributed by atoms with van der Waals surface area (Å²) in [5.41, 5.74) is 7.14. The summed E-state index contributed by atoms with van der Waals surface area (Å²) >= 11 is 0. The van der Waals surface area contributed by atoms with E-state index in [2.05, 4.69) is 18.7 Å². The van der Waals surface area contributed by atoms with Crippen molar-refractivity contribution in [3.05, 3.63) is 48.6 Å². The number of rotatable bonds is 4. The summed E-state index contributed by atoms with van der Waals surface area (Å²) in [6.07, 6.45) is 3.69. The molecule has 0 fully saturated rings. The van der Waals surface area contributed by atoms with Crippen LogP contribution in [-0.2, 0) is 6.42 Å². The molecular formula is C11H16ClN. The van der Waals surface area contributed by atoms with Gasteiger partial charge in [-0.25, -0.2) is 0 Å². The lowest BCUT2D eigenvalue weighted by molar-refractivity contribution is 0.680. The Morgan fingerprint density at radius 1 is 1.31 bits per heavy atom. The maximum absolute atomic E-state index is 5.84. The Morgan fingerprint density at radius 2 is 1.92 bits per heavy atom. The van der Waals surface area contributed by atoms with E-state index in [-0.39, 0.29) is 18.4 Å². The van der Waals surface area contributed by atoms with Crippen LogP contribution < -0.4 is 5.73 Å². The molecule has 1 aromatic rings. The van der Waals surface area contributed by atoms with Crippen LogP contribution in [0.3, 0.4) is 0 Å². The summed E-state index contributed by atoms with van der Waals surface area (Å²) in [5, 5.41) is 0. The predicted octanol–water partition coefficient (Wildman–Crippen LogP) is 2.55. The molecule has 2 heteroatoms. The fraction of sp³-hybridized carbons (Fsp3) is 0.273. The fourth-order valence-electron chi connectivity index (χ4n) is 1.21. The first-order valence-corrected chi connectivity index (χ1v) is 4.23. The third-order valence-corrected chi connectivity index (χ3v) is 1.81. The van der Waals surface area contributed by atoms with Crippen LogP contribution in [0.4, 0.5) is 0 Å². The Bertz CT molecular complexity index is 233. The monoisotopic (exact) mass is 197 g/mol. The highest BCUT2D eigenvalue weighted by atomic mass is 35.5. The molecule has 0 aliphatic rings. The molecule has 13 heavy (non-hydrogen) atoms. The van der Waals surface area contributed by atoms with Gasteiger partial charge in [-0.2, -0.15) is 0 Å². The number of hydrogen-bond acceptors (Lipinski definition) is 1. The summed E-state index contributed by atoms with van der Waals surface area (Å²) in [7, 11) is 0. The van der Waals surface area contributed by atoms with Crippen LogP contribution in [0, 0.1) is 0 Å². The predicted molar refractivity (Wildman–Crippen MR) is 60.2 cm³/mol. The van der Waals surface area contributed by atoms with Crippen LogP contribution in [0.2, 0.25) is 0 Å². The van der Waals surface area contributed by atoms with Gasteiger partial charge in [-0.1, -0.05) is 36.4 Å². The SMILES string of the molecule is C=CC[C@@H](N)Cc1ccccc1.Cl. The third kappa shape index (κ3) is 4.71. The highest BCUT2D eigenvalue weighted by Crippen LogP contribution is 2.03. The maximum atomic E-state index is 5.84. The van der Waals surface area contributed by atoms with E-state index in [1.807, 2.05) is 24.3 Å². The van der Waals surface area contributed by atoms with Gasteiger partial charge in [-0.05, 0) is 18.4 Å². The van der Waals surface area contributed by atoms with E-state index >= 15 is 0 Å². The molecule has 2 N–H and O–H groups in total. The largest absolute Gasteiger partial charge is 0.327 e.